The third-order valence-corrected chi connectivity index (χ3v) is 0.577. The summed E-state index contributed by atoms with van der Waals surface area (Å²) in [5, 5.41) is 0. The summed E-state index contributed by atoms with van der Waals surface area (Å²) in [6.45, 7) is 8.27. The Bertz CT molecular complexity index is 16.4. The molecule has 0 radical (unpaired) electrons. The van der Waals surface area contributed by atoms with Crippen LogP contribution in [-0.4, -0.2) is 0 Å². The van der Waals surface area contributed by atoms with Crippen LogP contribution in [0.5, 0.6) is 0 Å². The predicted octanol–water partition coefficient (Wildman–Crippen LogP) is 3.04. The standard InChI is InChI=1S/C5H11.C2H6.Ar.U/c1-3-5-4-2;1-2;;/h3H,4-5H2,1-2H3;1-2H3;;/q-1;;;. The first-order valence-electron chi connectivity index (χ1n) is 3.19. The van der Waals surface area contributed by atoms with Gasteiger partial charge in [0.05, 0.1) is 0 Å². The maximum absolute atomic E-state index is 2.18. The molecule has 0 spiro atoms. The van der Waals surface area contributed by atoms with Crippen molar-refractivity contribution in [1.29, 1.82) is 0 Å². The smallest absolute Gasteiger partial charge is 0 e. The zero-order chi connectivity index (χ0) is 6.12. The van der Waals surface area contributed by atoms with Gasteiger partial charge >= 0.3 is 0 Å². The predicted molar refractivity (Wildman–Crippen MR) is 36.2 cm³/mol. The van der Waals surface area contributed by atoms with Crippen molar-refractivity contribution >= 4 is 0 Å². The van der Waals surface area contributed by atoms with Crippen molar-refractivity contribution in [2.45, 2.75) is 40.5 Å². The summed E-state index contributed by atoms with van der Waals surface area (Å²) >= 11 is 0. The summed E-state index contributed by atoms with van der Waals surface area (Å²) in [5.74, 6) is 0. The van der Waals surface area contributed by atoms with Crippen molar-refractivity contribution in [3.8, 4) is 0 Å². The van der Waals surface area contributed by atoms with Crippen molar-refractivity contribution < 1.29 is 68.9 Å². The van der Waals surface area contributed by atoms with Crippen molar-refractivity contribution in [3.05, 3.63) is 6.42 Å². The van der Waals surface area contributed by atoms with E-state index in [-0.39, 0.29) is 68.9 Å². The Labute approximate surface area is 114 Å². The van der Waals surface area contributed by atoms with E-state index in [2.05, 4.69) is 20.3 Å². The van der Waals surface area contributed by atoms with Crippen LogP contribution in [0, 0.1) is 75.3 Å². The number of rotatable bonds is 2. The van der Waals surface area contributed by atoms with Gasteiger partial charge < -0.3 is 6.42 Å². The summed E-state index contributed by atoms with van der Waals surface area (Å²) in [7, 11) is 0. The molecule has 0 amide bonds. The SMILES string of the molecule is CC.C[CH-]CCC.[Ar].[U]. The minimum Gasteiger partial charge on any atom is -0.332 e. The normalized spacial score (nSPS) is 5.33. The fourth-order valence-corrected chi connectivity index (χ4v) is 0.289. The summed E-state index contributed by atoms with van der Waals surface area (Å²) in [6, 6.07) is 0. The third-order valence-electron chi connectivity index (χ3n) is 0.577. The van der Waals surface area contributed by atoms with Crippen molar-refractivity contribution in [3.63, 3.8) is 0 Å². The average Bonchev–Trinajstić information content (AvgIpc) is 1.75. The second kappa shape index (κ2) is 31.7. The molecular weight excluding hydrogens is 362 g/mol. The Hall–Kier alpha value is 2.31. The molecule has 0 aromatic carbocycles. The van der Waals surface area contributed by atoms with E-state index in [9.17, 15) is 0 Å². The van der Waals surface area contributed by atoms with E-state index >= 15 is 0 Å². The van der Waals surface area contributed by atoms with Crippen molar-refractivity contribution in [2.75, 3.05) is 0 Å². The summed E-state index contributed by atoms with van der Waals surface area (Å²) in [6.07, 6.45) is 4.73. The van der Waals surface area contributed by atoms with Gasteiger partial charge in [0.1, 0.15) is 0 Å². The summed E-state index contributed by atoms with van der Waals surface area (Å²) in [5.41, 5.74) is 0. The van der Waals surface area contributed by atoms with Gasteiger partial charge in [0.25, 0.3) is 0 Å². The zero-order valence-electron chi connectivity index (χ0n) is 6.85. The van der Waals surface area contributed by atoms with E-state index in [1.807, 2.05) is 13.8 Å². The van der Waals surface area contributed by atoms with Crippen LogP contribution in [-0.2, 0) is 0 Å². The molecule has 9 heavy (non-hydrogen) atoms. The van der Waals surface area contributed by atoms with Gasteiger partial charge in [-0.05, 0) is 0 Å². The van der Waals surface area contributed by atoms with E-state index < -0.39 is 0 Å². The van der Waals surface area contributed by atoms with Gasteiger partial charge in [-0.1, -0.05) is 27.2 Å². The molecule has 0 N–H and O–H groups in total. The minimum atomic E-state index is 0. The van der Waals surface area contributed by atoms with E-state index in [4.69, 9.17) is 0 Å². The molecule has 0 heterocycles. The van der Waals surface area contributed by atoms with Crippen LogP contribution >= 0.6 is 0 Å². The van der Waals surface area contributed by atoms with Crippen LogP contribution in [0.1, 0.15) is 40.5 Å². The maximum Gasteiger partial charge on any atom is 0 e. The molecule has 0 aliphatic carbocycles. The van der Waals surface area contributed by atoms with Gasteiger partial charge in [0.2, 0.25) is 0 Å². The van der Waals surface area contributed by atoms with Gasteiger partial charge in [-0.15, -0.1) is 0 Å². The number of hydrogen-bond donors (Lipinski definition) is 0. The number of unbranched alkanes of at least 4 members (excludes halogenated alkanes) is 2. The molecule has 0 rings (SSSR count). The first kappa shape index (κ1) is 22.5. The Morgan fingerprint density at radius 1 is 1.22 bits per heavy atom. The Kier molecular flexibility index (Phi) is 79.2. The molecule has 0 aromatic heterocycles. The fraction of sp³-hybridized carbons (Fsp3) is 0.857. The fourth-order valence-electron chi connectivity index (χ4n) is 0.289. The van der Waals surface area contributed by atoms with Crippen molar-refractivity contribution in [1.82, 2.24) is 0 Å². The Balaban J connectivity index is -0.0000000286. The summed E-state index contributed by atoms with van der Waals surface area (Å²) < 4.78 is 0. The Morgan fingerprint density at radius 3 is 1.56 bits per heavy atom. The second-order valence-corrected chi connectivity index (χ2v) is 1.20. The molecule has 0 saturated heterocycles. The van der Waals surface area contributed by atoms with Crippen LogP contribution in [0.25, 0.3) is 0 Å². The van der Waals surface area contributed by atoms with Crippen molar-refractivity contribution in [2.24, 2.45) is 0 Å². The molecule has 2 heteroatoms. The Morgan fingerprint density at radius 2 is 1.56 bits per heavy atom. The molecule has 58 valence electrons. The van der Waals surface area contributed by atoms with E-state index in [1.165, 1.54) is 12.8 Å². The van der Waals surface area contributed by atoms with Gasteiger partial charge in [-0.2, -0.15) is 13.3 Å². The van der Waals surface area contributed by atoms with Crippen LogP contribution in [0.4, 0.5) is 0 Å². The molecular formula is C7H17ArU-. The quantitative estimate of drug-likeness (QED) is 0.648. The molecule has 0 saturated carbocycles. The van der Waals surface area contributed by atoms with Gasteiger partial charge in [0, 0.05) is 68.9 Å². The van der Waals surface area contributed by atoms with E-state index in [1.54, 1.807) is 0 Å². The molecule has 0 atom stereocenters. The number of hydrogen-bond acceptors (Lipinski definition) is 0. The van der Waals surface area contributed by atoms with Crippen LogP contribution in [0.3, 0.4) is 0 Å². The minimum absolute atomic E-state index is 0. The molecule has 0 aliphatic heterocycles. The molecule has 0 aliphatic rings. The van der Waals surface area contributed by atoms with Gasteiger partial charge in [0.15, 0.2) is 0 Å². The van der Waals surface area contributed by atoms with Crippen LogP contribution in [0.2, 0.25) is 0 Å². The average molecular weight is 379 g/mol. The molecule has 0 fully saturated rings. The second-order valence-electron chi connectivity index (χ2n) is 1.20. The van der Waals surface area contributed by atoms with Gasteiger partial charge in [-0.3, -0.25) is 0 Å². The zero-order valence-corrected chi connectivity index (χ0v) is 11.7. The molecule has 0 nitrogen and oxygen atoms in total. The van der Waals surface area contributed by atoms with Crippen LogP contribution < -0.4 is 0 Å². The van der Waals surface area contributed by atoms with Crippen LogP contribution in [0.15, 0.2) is 0 Å². The van der Waals surface area contributed by atoms with E-state index in [0.717, 1.165) is 0 Å². The third kappa shape index (κ3) is 38.3. The monoisotopic (exact) mass is 379 g/mol. The molecule has 0 aromatic rings. The largest absolute Gasteiger partial charge is 0.332 e. The molecule has 0 unspecified atom stereocenters. The molecule has 0 bridgehead atoms. The topological polar surface area (TPSA) is 0 Å². The first-order valence-corrected chi connectivity index (χ1v) is 3.19. The van der Waals surface area contributed by atoms with E-state index in [0.29, 0.717) is 0 Å². The first-order chi connectivity index (χ1) is 3.41. The summed E-state index contributed by atoms with van der Waals surface area (Å²) in [4.78, 5) is 0. The van der Waals surface area contributed by atoms with Gasteiger partial charge in [-0.25, -0.2) is 0 Å². The maximum atomic E-state index is 2.18.